The minimum absolute atomic E-state index is 0.0173. The Labute approximate surface area is 160 Å². The molecular weight excluding hydrogens is 388 g/mol. The number of primary sulfonamides is 1. The predicted molar refractivity (Wildman–Crippen MR) is 102 cm³/mol. The highest BCUT2D eigenvalue weighted by Gasteiger charge is 2.65. The van der Waals surface area contributed by atoms with Crippen LogP contribution in [-0.4, -0.2) is 34.9 Å². The largest absolute Gasteiger partial charge is 0.299 e. The highest BCUT2D eigenvalue weighted by Crippen LogP contribution is 2.64. The third kappa shape index (κ3) is 3.70. The van der Waals surface area contributed by atoms with E-state index in [1.807, 2.05) is 13.8 Å². The van der Waals surface area contributed by atoms with Crippen LogP contribution in [0.3, 0.4) is 0 Å². The summed E-state index contributed by atoms with van der Waals surface area (Å²) in [6.45, 7) is 4.21. The van der Waals surface area contributed by atoms with Crippen molar-refractivity contribution in [2.45, 2.75) is 44.4 Å². The summed E-state index contributed by atoms with van der Waals surface area (Å²) in [4.78, 5) is 12.5. The molecule has 0 spiro atoms. The average Bonchev–Trinajstić information content (AvgIpc) is 2.88. The zero-order chi connectivity index (χ0) is 20.1. The van der Waals surface area contributed by atoms with Crippen LogP contribution >= 0.6 is 0 Å². The molecule has 2 fully saturated rings. The van der Waals surface area contributed by atoms with E-state index in [9.17, 15) is 21.6 Å². The van der Waals surface area contributed by atoms with Crippen molar-refractivity contribution in [3.8, 4) is 0 Å². The Kier molecular flexibility index (Phi) is 5.03. The fourth-order valence-electron chi connectivity index (χ4n) is 4.68. The van der Waals surface area contributed by atoms with Crippen LogP contribution in [0, 0.1) is 16.7 Å². The molecule has 2 saturated carbocycles. The number of fused-ring (bicyclic) bond motifs is 2. The average molecular weight is 415 g/mol. The van der Waals surface area contributed by atoms with Gasteiger partial charge in [-0.3, -0.25) is 4.79 Å². The van der Waals surface area contributed by atoms with Gasteiger partial charge in [-0.05, 0) is 48.3 Å². The van der Waals surface area contributed by atoms with E-state index in [1.165, 1.54) is 12.1 Å². The van der Waals surface area contributed by atoms with E-state index in [0.717, 1.165) is 12.0 Å². The van der Waals surface area contributed by atoms with Gasteiger partial charge in [0.2, 0.25) is 20.0 Å². The Morgan fingerprint density at radius 2 is 1.78 bits per heavy atom. The lowest BCUT2D eigenvalue weighted by Gasteiger charge is -2.36. The van der Waals surface area contributed by atoms with Crippen LogP contribution in [0.5, 0.6) is 0 Å². The van der Waals surface area contributed by atoms with Gasteiger partial charge >= 0.3 is 0 Å². The van der Waals surface area contributed by atoms with Gasteiger partial charge in [0.1, 0.15) is 5.78 Å². The summed E-state index contributed by atoms with van der Waals surface area (Å²) >= 11 is 0. The SMILES string of the molecule is CC1(C)C2CC[C@]1(CS(=O)(=O)NCCc1ccc(S(N)(=O)=O)cc1)C(=O)C2. The van der Waals surface area contributed by atoms with Gasteiger partial charge in [0.25, 0.3) is 0 Å². The molecular formula is C18H26N2O5S2. The molecule has 27 heavy (non-hydrogen) atoms. The lowest BCUT2D eigenvalue weighted by atomic mass is 9.70. The smallest absolute Gasteiger partial charge is 0.238 e. The van der Waals surface area contributed by atoms with Crippen LogP contribution in [0.15, 0.2) is 29.2 Å². The van der Waals surface area contributed by atoms with Gasteiger partial charge < -0.3 is 0 Å². The minimum Gasteiger partial charge on any atom is -0.299 e. The van der Waals surface area contributed by atoms with Crippen LogP contribution in [-0.2, 0) is 31.3 Å². The number of carbonyl (C=O) groups excluding carboxylic acids is 1. The number of sulfonamides is 2. The van der Waals surface area contributed by atoms with Crippen molar-refractivity contribution in [1.29, 1.82) is 0 Å². The second-order valence-corrected chi connectivity index (χ2v) is 11.6. The molecule has 0 heterocycles. The molecule has 3 rings (SSSR count). The summed E-state index contributed by atoms with van der Waals surface area (Å²) in [5.41, 5.74) is -0.273. The molecule has 0 aromatic heterocycles. The molecule has 2 atom stereocenters. The number of hydrogen-bond donors (Lipinski definition) is 2. The third-order valence-corrected chi connectivity index (χ3v) is 9.01. The molecule has 0 saturated heterocycles. The van der Waals surface area contributed by atoms with Gasteiger partial charge in [0, 0.05) is 18.4 Å². The molecule has 9 heteroatoms. The molecule has 0 radical (unpaired) electrons. The molecule has 0 aliphatic heterocycles. The summed E-state index contributed by atoms with van der Waals surface area (Å²) in [6.07, 6.45) is 2.44. The lowest BCUT2D eigenvalue weighted by molar-refractivity contribution is -0.128. The molecule has 2 aliphatic carbocycles. The van der Waals surface area contributed by atoms with Gasteiger partial charge in [-0.1, -0.05) is 26.0 Å². The standard InChI is InChI=1S/C18H26N2O5S2/c1-17(2)14-7-9-18(17,16(21)11-14)12-26(22,23)20-10-8-13-3-5-15(6-4-13)27(19,24)25/h3-6,14,20H,7-12H2,1-2H3,(H2,19,24,25)/t14?,18-/m0/s1. The van der Waals surface area contributed by atoms with E-state index >= 15 is 0 Å². The van der Waals surface area contributed by atoms with E-state index in [0.29, 0.717) is 19.3 Å². The minimum atomic E-state index is -3.74. The van der Waals surface area contributed by atoms with Crippen LogP contribution in [0.4, 0.5) is 0 Å². The first-order valence-electron chi connectivity index (χ1n) is 9.00. The van der Waals surface area contributed by atoms with Crippen LogP contribution in [0.1, 0.15) is 38.7 Å². The first-order valence-corrected chi connectivity index (χ1v) is 12.2. The fourth-order valence-corrected chi connectivity index (χ4v) is 7.04. The number of Topliss-reactive ketones (excluding diaryl/α,β-unsaturated/α-hetero) is 1. The second kappa shape index (κ2) is 6.65. The normalized spacial score (nSPS) is 27.2. The highest BCUT2D eigenvalue weighted by molar-refractivity contribution is 7.89. The van der Waals surface area contributed by atoms with E-state index in [2.05, 4.69) is 4.72 Å². The van der Waals surface area contributed by atoms with Crippen molar-refractivity contribution in [1.82, 2.24) is 4.72 Å². The topological polar surface area (TPSA) is 123 Å². The van der Waals surface area contributed by atoms with Gasteiger partial charge in [-0.2, -0.15) is 0 Å². The molecule has 1 aromatic rings. The summed E-state index contributed by atoms with van der Waals surface area (Å²) < 4.78 is 50.3. The number of carbonyl (C=O) groups is 1. The molecule has 0 amide bonds. The molecule has 1 unspecified atom stereocenters. The Morgan fingerprint density at radius 1 is 1.15 bits per heavy atom. The molecule has 7 nitrogen and oxygen atoms in total. The van der Waals surface area contributed by atoms with Gasteiger partial charge in [0.05, 0.1) is 10.6 Å². The van der Waals surface area contributed by atoms with Crippen molar-refractivity contribution >= 4 is 25.8 Å². The van der Waals surface area contributed by atoms with Crippen molar-refractivity contribution in [3.05, 3.63) is 29.8 Å². The summed E-state index contributed by atoms with van der Waals surface area (Å²) in [5.74, 6) is 0.192. The first-order chi connectivity index (χ1) is 12.4. The number of nitrogens with one attached hydrogen (secondary N) is 1. The Morgan fingerprint density at radius 3 is 2.26 bits per heavy atom. The molecule has 3 N–H and O–H groups in total. The number of ketones is 1. The van der Waals surface area contributed by atoms with Gasteiger partial charge in [-0.15, -0.1) is 0 Å². The highest BCUT2D eigenvalue weighted by atomic mass is 32.2. The zero-order valence-corrected chi connectivity index (χ0v) is 17.2. The van der Waals surface area contributed by atoms with Crippen LogP contribution in [0.25, 0.3) is 0 Å². The summed E-state index contributed by atoms with van der Waals surface area (Å²) in [6, 6.07) is 6.02. The van der Waals surface area contributed by atoms with E-state index in [4.69, 9.17) is 5.14 Å². The lowest BCUT2D eigenvalue weighted by Crippen LogP contribution is -2.45. The van der Waals surface area contributed by atoms with Crippen LogP contribution in [0.2, 0.25) is 0 Å². The molecule has 1 aromatic carbocycles. The summed E-state index contributed by atoms with van der Waals surface area (Å²) in [5, 5.41) is 5.06. The Bertz CT molecular complexity index is 952. The third-order valence-electron chi connectivity index (χ3n) is 6.56. The van der Waals surface area contributed by atoms with Crippen molar-refractivity contribution in [2.24, 2.45) is 21.9 Å². The summed E-state index contributed by atoms with van der Waals surface area (Å²) in [7, 11) is -7.34. The first kappa shape index (κ1) is 20.4. The number of hydrogen-bond acceptors (Lipinski definition) is 5. The van der Waals surface area contributed by atoms with Crippen molar-refractivity contribution in [3.63, 3.8) is 0 Å². The Balaban J connectivity index is 1.62. The molecule has 150 valence electrons. The number of benzene rings is 1. The quantitative estimate of drug-likeness (QED) is 0.694. The maximum Gasteiger partial charge on any atom is 0.238 e. The van der Waals surface area contributed by atoms with Gasteiger partial charge in [-0.25, -0.2) is 26.7 Å². The molecule has 2 bridgehead atoms. The Hall–Kier alpha value is -1.29. The van der Waals surface area contributed by atoms with E-state index in [1.54, 1.807) is 12.1 Å². The van der Waals surface area contributed by atoms with Crippen LogP contribution < -0.4 is 9.86 Å². The second-order valence-electron chi connectivity index (χ2n) is 8.26. The monoisotopic (exact) mass is 414 g/mol. The van der Waals surface area contributed by atoms with E-state index in [-0.39, 0.29) is 34.3 Å². The van der Waals surface area contributed by atoms with Crippen molar-refractivity contribution < 1.29 is 21.6 Å². The number of rotatable bonds is 7. The van der Waals surface area contributed by atoms with E-state index < -0.39 is 25.5 Å². The maximum absolute atomic E-state index is 12.6. The predicted octanol–water partition coefficient (Wildman–Crippen LogP) is 1.19. The number of nitrogens with two attached hydrogens (primary N) is 1. The maximum atomic E-state index is 12.6. The fraction of sp³-hybridized carbons (Fsp3) is 0.611. The zero-order valence-electron chi connectivity index (χ0n) is 15.6. The molecule has 2 aliphatic rings. The van der Waals surface area contributed by atoms with Gasteiger partial charge in [0.15, 0.2) is 0 Å². The van der Waals surface area contributed by atoms with Crippen molar-refractivity contribution in [2.75, 3.05) is 12.3 Å².